The summed E-state index contributed by atoms with van der Waals surface area (Å²) in [5.41, 5.74) is 0.329. The van der Waals surface area contributed by atoms with Gasteiger partial charge in [-0.1, -0.05) is 23.9 Å². The van der Waals surface area contributed by atoms with Crippen molar-refractivity contribution in [3.8, 4) is 0 Å². The van der Waals surface area contributed by atoms with Crippen molar-refractivity contribution in [2.24, 2.45) is 0 Å². The van der Waals surface area contributed by atoms with Gasteiger partial charge in [-0.15, -0.1) is 10.2 Å². The highest BCUT2D eigenvalue weighted by Gasteiger charge is 2.10. The average molecular weight is 352 g/mol. The summed E-state index contributed by atoms with van der Waals surface area (Å²) in [7, 11) is 0. The maximum atomic E-state index is 11.8. The quantitative estimate of drug-likeness (QED) is 0.915. The molecule has 2 rings (SSSR count). The van der Waals surface area contributed by atoms with Gasteiger partial charge in [-0.3, -0.25) is 4.79 Å². The largest absolute Gasteiger partial charge is 0.348 e. The number of aromatic nitrogens is 2. The molecule has 20 heavy (non-hydrogen) atoms. The van der Waals surface area contributed by atoms with E-state index < -0.39 is 0 Å². The molecule has 104 valence electrons. The number of nitrogens with zero attached hydrogens (tertiary/aromatic N) is 2. The van der Waals surface area contributed by atoms with Gasteiger partial charge in [0.05, 0.1) is 0 Å². The highest BCUT2D eigenvalue weighted by molar-refractivity contribution is 9.10. The van der Waals surface area contributed by atoms with Gasteiger partial charge in [0, 0.05) is 15.4 Å². The summed E-state index contributed by atoms with van der Waals surface area (Å²) >= 11 is 4.98. The minimum Gasteiger partial charge on any atom is -0.348 e. The first-order valence-electron chi connectivity index (χ1n) is 6.13. The van der Waals surface area contributed by atoms with E-state index in [0.717, 1.165) is 14.4 Å². The van der Waals surface area contributed by atoms with E-state index in [1.54, 1.807) is 12.1 Å². The maximum absolute atomic E-state index is 11.8. The lowest BCUT2D eigenvalue weighted by molar-refractivity contribution is 0.0937. The molecule has 0 saturated heterocycles. The van der Waals surface area contributed by atoms with Crippen LogP contribution in [0.1, 0.15) is 24.3 Å². The number of halogens is 1. The fraction of sp³-hybridized carbons (Fsp3) is 0.214. The van der Waals surface area contributed by atoms with E-state index in [0.29, 0.717) is 5.69 Å². The summed E-state index contributed by atoms with van der Waals surface area (Å²) in [6, 6.07) is 11.5. The van der Waals surface area contributed by atoms with Crippen LogP contribution in [0, 0.1) is 0 Å². The summed E-state index contributed by atoms with van der Waals surface area (Å²) in [6.07, 6.45) is 0. The van der Waals surface area contributed by atoms with E-state index in [-0.39, 0.29) is 11.9 Å². The van der Waals surface area contributed by atoms with Crippen molar-refractivity contribution < 1.29 is 4.79 Å². The molecular formula is C14H14BrN3OS. The second-order valence-electron chi connectivity index (χ2n) is 4.42. The van der Waals surface area contributed by atoms with Crippen molar-refractivity contribution in [3.63, 3.8) is 0 Å². The summed E-state index contributed by atoms with van der Waals surface area (Å²) in [6.45, 7) is 3.81. The van der Waals surface area contributed by atoms with E-state index in [2.05, 4.69) is 31.4 Å². The molecule has 0 saturated carbocycles. The Morgan fingerprint density at radius 3 is 2.55 bits per heavy atom. The van der Waals surface area contributed by atoms with Crippen molar-refractivity contribution >= 4 is 33.6 Å². The van der Waals surface area contributed by atoms with Gasteiger partial charge >= 0.3 is 0 Å². The predicted molar refractivity (Wildman–Crippen MR) is 82.9 cm³/mol. The first-order chi connectivity index (χ1) is 9.56. The Kier molecular flexibility index (Phi) is 5.14. The number of hydrogen-bond donors (Lipinski definition) is 1. The van der Waals surface area contributed by atoms with Crippen molar-refractivity contribution in [1.29, 1.82) is 0 Å². The highest BCUT2D eigenvalue weighted by atomic mass is 79.9. The molecule has 1 heterocycles. The monoisotopic (exact) mass is 351 g/mol. The Bertz CT molecular complexity index is 602. The van der Waals surface area contributed by atoms with E-state index >= 15 is 0 Å². The summed E-state index contributed by atoms with van der Waals surface area (Å²) in [4.78, 5) is 12.8. The minimum atomic E-state index is -0.204. The second-order valence-corrected chi connectivity index (χ2v) is 6.33. The van der Waals surface area contributed by atoms with E-state index in [9.17, 15) is 4.79 Å². The number of nitrogens with one attached hydrogen (secondary N) is 1. The van der Waals surface area contributed by atoms with Gasteiger partial charge in [0.25, 0.3) is 5.91 Å². The van der Waals surface area contributed by atoms with Gasteiger partial charge in [-0.05, 0) is 54.0 Å². The zero-order valence-electron chi connectivity index (χ0n) is 11.1. The Morgan fingerprint density at radius 2 is 1.95 bits per heavy atom. The molecular weight excluding hydrogens is 338 g/mol. The number of benzene rings is 1. The molecule has 0 bridgehead atoms. The fourth-order valence-corrected chi connectivity index (χ4v) is 2.75. The highest BCUT2D eigenvalue weighted by Crippen LogP contribution is 2.31. The molecule has 0 radical (unpaired) electrons. The fourth-order valence-electron chi connectivity index (χ4n) is 1.47. The molecule has 0 unspecified atom stereocenters. The van der Waals surface area contributed by atoms with E-state index in [4.69, 9.17) is 0 Å². The molecule has 0 fully saturated rings. The Labute approximate surface area is 130 Å². The van der Waals surface area contributed by atoms with Crippen LogP contribution in [0.2, 0.25) is 0 Å². The van der Waals surface area contributed by atoms with Gasteiger partial charge in [0.2, 0.25) is 0 Å². The molecule has 2 aromatic rings. The lowest BCUT2D eigenvalue weighted by Gasteiger charge is -2.07. The van der Waals surface area contributed by atoms with Crippen LogP contribution in [0.4, 0.5) is 0 Å². The summed E-state index contributed by atoms with van der Waals surface area (Å²) in [5.74, 6) is -0.204. The van der Waals surface area contributed by atoms with Crippen LogP contribution < -0.4 is 5.32 Å². The Balaban J connectivity index is 2.09. The maximum Gasteiger partial charge on any atom is 0.271 e. The third-order valence-corrected chi connectivity index (χ3v) is 4.30. The number of amides is 1. The van der Waals surface area contributed by atoms with Crippen molar-refractivity contribution in [2.75, 3.05) is 0 Å². The topological polar surface area (TPSA) is 54.9 Å². The van der Waals surface area contributed by atoms with Gasteiger partial charge < -0.3 is 5.32 Å². The first kappa shape index (κ1) is 15.0. The molecule has 0 atom stereocenters. The van der Waals surface area contributed by atoms with Gasteiger partial charge in [-0.2, -0.15) is 0 Å². The Morgan fingerprint density at radius 1 is 1.20 bits per heavy atom. The van der Waals surface area contributed by atoms with E-state index in [1.807, 2.05) is 38.1 Å². The molecule has 4 nitrogen and oxygen atoms in total. The van der Waals surface area contributed by atoms with Gasteiger partial charge in [-0.25, -0.2) is 0 Å². The molecule has 1 aromatic heterocycles. The zero-order chi connectivity index (χ0) is 14.5. The van der Waals surface area contributed by atoms with Gasteiger partial charge in [0.15, 0.2) is 5.69 Å². The van der Waals surface area contributed by atoms with Crippen molar-refractivity contribution in [3.05, 3.63) is 46.6 Å². The molecule has 0 spiro atoms. The Hall–Kier alpha value is -1.40. The second kappa shape index (κ2) is 6.85. The molecule has 0 aliphatic carbocycles. The standard InChI is InChI=1S/C14H14BrN3OS/c1-9(2)16-14(19)11-7-8-13(18-17-11)20-12-6-4-3-5-10(12)15/h3-9H,1-2H3,(H,16,19). The number of carbonyl (C=O) groups is 1. The predicted octanol–water partition coefficient (Wildman–Crippen LogP) is 3.53. The average Bonchev–Trinajstić information content (AvgIpc) is 2.41. The molecule has 0 aliphatic heterocycles. The first-order valence-corrected chi connectivity index (χ1v) is 7.74. The smallest absolute Gasteiger partial charge is 0.271 e. The van der Waals surface area contributed by atoms with Crippen LogP contribution in [0.25, 0.3) is 0 Å². The summed E-state index contributed by atoms with van der Waals surface area (Å²) in [5, 5.41) is 11.6. The number of carbonyl (C=O) groups excluding carboxylic acids is 1. The molecule has 1 amide bonds. The van der Waals surface area contributed by atoms with Gasteiger partial charge in [0.1, 0.15) is 5.03 Å². The zero-order valence-corrected chi connectivity index (χ0v) is 13.5. The van der Waals surface area contributed by atoms with Crippen LogP contribution >= 0.6 is 27.7 Å². The molecule has 6 heteroatoms. The van der Waals surface area contributed by atoms with Crippen LogP contribution in [-0.4, -0.2) is 22.1 Å². The molecule has 1 N–H and O–H groups in total. The lowest BCUT2D eigenvalue weighted by atomic mass is 10.3. The minimum absolute atomic E-state index is 0.0821. The molecule has 0 aliphatic rings. The van der Waals surface area contributed by atoms with E-state index in [1.165, 1.54) is 11.8 Å². The molecule has 1 aromatic carbocycles. The SMILES string of the molecule is CC(C)NC(=O)c1ccc(Sc2ccccc2Br)nn1. The van der Waals surface area contributed by atoms with Crippen LogP contribution in [0.15, 0.2) is 50.8 Å². The number of rotatable bonds is 4. The van der Waals surface area contributed by atoms with Crippen LogP contribution in [-0.2, 0) is 0 Å². The third kappa shape index (κ3) is 4.05. The summed E-state index contributed by atoms with van der Waals surface area (Å²) < 4.78 is 1.01. The third-order valence-electron chi connectivity index (χ3n) is 2.34. The number of hydrogen-bond acceptors (Lipinski definition) is 4. The van der Waals surface area contributed by atoms with Crippen LogP contribution in [0.5, 0.6) is 0 Å². The van der Waals surface area contributed by atoms with Crippen LogP contribution in [0.3, 0.4) is 0 Å². The normalized spacial score (nSPS) is 10.6. The lowest BCUT2D eigenvalue weighted by Crippen LogP contribution is -2.30. The van der Waals surface area contributed by atoms with Crippen molar-refractivity contribution in [1.82, 2.24) is 15.5 Å². The van der Waals surface area contributed by atoms with Crippen molar-refractivity contribution in [2.45, 2.75) is 29.8 Å².